The van der Waals surface area contributed by atoms with Gasteiger partial charge in [0.2, 0.25) is 0 Å². The molecule has 0 aliphatic carbocycles. The summed E-state index contributed by atoms with van der Waals surface area (Å²) in [5.41, 5.74) is 5.08. The Labute approximate surface area is 156 Å². The van der Waals surface area contributed by atoms with E-state index < -0.39 is 5.82 Å². The van der Waals surface area contributed by atoms with Crippen molar-refractivity contribution >= 4 is 17.2 Å². The predicted octanol–water partition coefficient (Wildman–Crippen LogP) is 5.01. The minimum Gasteiger partial charge on any atom is -0.321 e. The number of carbonyl (C=O) groups is 1. The van der Waals surface area contributed by atoms with E-state index in [0.717, 1.165) is 16.7 Å². The van der Waals surface area contributed by atoms with Gasteiger partial charge in [-0.25, -0.2) is 9.37 Å². The highest BCUT2D eigenvalue weighted by atomic mass is 19.1. The van der Waals surface area contributed by atoms with Crippen LogP contribution in [0.1, 0.15) is 21.6 Å². The highest BCUT2D eigenvalue weighted by molar-refractivity contribution is 6.07. The number of imidazole rings is 1. The molecule has 0 aliphatic heterocycles. The number of carbonyl (C=O) groups excluding carboxylic acids is 1. The standard InChI is InChI=1S/C22H18FN3O/c1-14-6-9-16(10-7-14)20-21(26-13-15(2)8-11-19(26)25-20)22(27)24-18-5-3-4-17(23)12-18/h3-13H,1-2H3,(H,24,27). The number of aryl methyl sites for hydroxylation is 2. The number of halogens is 1. The number of hydrogen-bond donors (Lipinski definition) is 1. The number of hydrogen-bond acceptors (Lipinski definition) is 2. The second-order valence-corrected chi connectivity index (χ2v) is 6.57. The number of nitrogens with zero attached hydrogens (tertiary/aromatic N) is 2. The van der Waals surface area contributed by atoms with E-state index in [4.69, 9.17) is 0 Å². The molecule has 0 saturated heterocycles. The van der Waals surface area contributed by atoms with E-state index in [0.29, 0.717) is 22.7 Å². The van der Waals surface area contributed by atoms with Crippen LogP contribution in [0.2, 0.25) is 0 Å². The van der Waals surface area contributed by atoms with Gasteiger partial charge in [-0.05, 0) is 43.7 Å². The first-order valence-electron chi connectivity index (χ1n) is 8.64. The van der Waals surface area contributed by atoms with E-state index >= 15 is 0 Å². The molecule has 0 fully saturated rings. The first-order valence-corrected chi connectivity index (χ1v) is 8.64. The molecule has 5 heteroatoms. The average molecular weight is 359 g/mol. The molecule has 1 amide bonds. The zero-order valence-electron chi connectivity index (χ0n) is 15.0. The Morgan fingerprint density at radius 2 is 1.74 bits per heavy atom. The molecular formula is C22H18FN3O. The fourth-order valence-electron chi connectivity index (χ4n) is 3.04. The third kappa shape index (κ3) is 3.31. The van der Waals surface area contributed by atoms with Gasteiger partial charge in [-0.15, -0.1) is 0 Å². The van der Waals surface area contributed by atoms with Gasteiger partial charge in [0.1, 0.15) is 22.9 Å². The number of amides is 1. The molecular weight excluding hydrogens is 341 g/mol. The molecule has 0 spiro atoms. The smallest absolute Gasteiger partial charge is 0.274 e. The minimum absolute atomic E-state index is 0.339. The van der Waals surface area contributed by atoms with Crippen LogP contribution in [-0.4, -0.2) is 15.3 Å². The van der Waals surface area contributed by atoms with E-state index in [9.17, 15) is 9.18 Å². The molecule has 0 aliphatic rings. The van der Waals surface area contributed by atoms with Crippen LogP contribution in [0.3, 0.4) is 0 Å². The van der Waals surface area contributed by atoms with Crippen LogP contribution in [0.4, 0.5) is 10.1 Å². The monoisotopic (exact) mass is 359 g/mol. The molecule has 2 aromatic heterocycles. The fourth-order valence-corrected chi connectivity index (χ4v) is 3.04. The van der Waals surface area contributed by atoms with Crippen LogP contribution in [0.25, 0.3) is 16.9 Å². The van der Waals surface area contributed by atoms with Gasteiger partial charge in [-0.1, -0.05) is 42.0 Å². The van der Waals surface area contributed by atoms with Crippen LogP contribution in [0.5, 0.6) is 0 Å². The Balaban J connectivity index is 1.86. The first-order chi connectivity index (χ1) is 13.0. The van der Waals surface area contributed by atoms with Crippen LogP contribution in [0.15, 0.2) is 66.9 Å². The maximum atomic E-state index is 13.5. The number of benzene rings is 2. The third-order valence-corrected chi connectivity index (χ3v) is 4.39. The Morgan fingerprint density at radius 3 is 2.48 bits per heavy atom. The number of aromatic nitrogens is 2. The number of nitrogens with one attached hydrogen (secondary N) is 1. The van der Waals surface area contributed by atoms with Gasteiger partial charge in [0.05, 0.1) is 0 Å². The van der Waals surface area contributed by atoms with Gasteiger partial charge in [0.15, 0.2) is 0 Å². The zero-order chi connectivity index (χ0) is 19.0. The van der Waals surface area contributed by atoms with Crippen molar-refractivity contribution in [2.24, 2.45) is 0 Å². The second kappa shape index (κ2) is 6.68. The lowest BCUT2D eigenvalue weighted by molar-refractivity contribution is 0.102. The van der Waals surface area contributed by atoms with Crippen molar-refractivity contribution in [3.63, 3.8) is 0 Å². The highest BCUT2D eigenvalue weighted by Gasteiger charge is 2.21. The maximum absolute atomic E-state index is 13.5. The molecule has 2 aromatic carbocycles. The Kier molecular flexibility index (Phi) is 4.20. The molecule has 1 N–H and O–H groups in total. The summed E-state index contributed by atoms with van der Waals surface area (Å²) in [5.74, 6) is -0.741. The van der Waals surface area contributed by atoms with Gasteiger partial charge >= 0.3 is 0 Å². The lowest BCUT2D eigenvalue weighted by atomic mass is 10.1. The van der Waals surface area contributed by atoms with Crippen molar-refractivity contribution in [3.8, 4) is 11.3 Å². The third-order valence-electron chi connectivity index (χ3n) is 4.39. The van der Waals surface area contributed by atoms with Gasteiger partial charge in [-0.3, -0.25) is 9.20 Å². The number of anilines is 1. The summed E-state index contributed by atoms with van der Waals surface area (Å²) in [6.45, 7) is 3.97. The van der Waals surface area contributed by atoms with Crippen molar-refractivity contribution in [1.82, 2.24) is 9.38 Å². The molecule has 4 aromatic rings. The Bertz CT molecular complexity index is 1150. The summed E-state index contributed by atoms with van der Waals surface area (Å²) in [4.78, 5) is 17.7. The van der Waals surface area contributed by atoms with Crippen LogP contribution < -0.4 is 5.32 Å². The lowest BCUT2D eigenvalue weighted by Crippen LogP contribution is -2.15. The summed E-state index contributed by atoms with van der Waals surface area (Å²) in [5, 5.41) is 2.78. The van der Waals surface area contributed by atoms with E-state index in [1.54, 1.807) is 16.5 Å². The average Bonchev–Trinajstić information content (AvgIpc) is 3.01. The number of pyridine rings is 1. The van der Waals surface area contributed by atoms with Crippen LogP contribution >= 0.6 is 0 Å². The minimum atomic E-state index is -0.402. The molecule has 134 valence electrons. The largest absolute Gasteiger partial charge is 0.321 e. The topological polar surface area (TPSA) is 46.4 Å². The summed E-state index contributed by atoms with van der Waals surface area (Å²) >= 11 is 0. The van der Waals surface area contributed by atoms with Crippen molar-refractivity contribution in [1.29, 1.82) is 0 Å². The molecule has 0 saturated carbocycles. The van der Waals surface area contributed by atoms with Crippen LogP contribution in [-0.2, 0) is 0 Å². The Hall–Kier alpha value is -3.47. The van der Waals surface area contributed by atoms with Crippen LogP contribution in [0, 0.1) is 19.7 Å². The molecule has 2 heterocycles. The van der Waals surface area contributed by atoms with E-state index in [1.807, 2.05) is 56.4 Å². The molecule has 0 unspecified atom stereocenters. The summed E-state index contributed by atoms with van der Waals surface area (Å²) in [6.07, 6.45) is 1.88. The van der Waals surface area contributed by atoms with Crippen molar-refractivity contribution < 1.29 is 9.18 Å². The molecule has 4 nitrogen and oxygen atoms in total. The lowest BCUT2D eigenvalue weighted by Gasteiger charge is -2.08. The molecule has 0 radical (unpaired) electrons. The van der Waals surface area contributed by atoms with E-state index in [2.05, 4.69) is 10.3 Å². The Morgan fingerprint density at radius 1 is 1.00 bits per heavy atom. The normalized spacial score (nSPS) is 10.9. The second-order valence-electron chi connectivity index (χ2n) is 6.57. The maximum Gasteiger partial charge on any atom is 0.274 e. The van der Waals surface area contributed by atoms with E-state index in [1.165, 1.54) is 12.1 Å². The van der Waals surface area contributed by atoms with Gasteiger partial charge < -0.3 is 5.32 Å². The van der Waals surface area contributed by atoms with Gasteiger partial charge in [0.25, 0.3) is 5.91 Å². The summed E-state index contributed by atoms with van der Waals surface area (Å²) in [6, 6.07) is 17.5. The highest BCUT2D eigenvalue weighted by Crippen LogP contribution is 2.26. The molecule has 0 bridgehead atoms. The summed E-state index contributed by atoms with van der Waals surface area (Å²) < 4.78 is 15.3. The van der Waals surface area contributed by atoms with Crippen molar-refractivity contribution in [2.45, 2.75) is 13.8 Å². The predicted molar refractivity (Wildman–Crippen MR) is 104 cm³/mol. The van der Waals surface area contributed by atoms with E-state index in [-0.39, 0.29) is 5.91 Å². The fraction of sp³-hybridized carbons (Fsp3) is 0.0909. The van der Waals surface area contributed by atoms with Gasteiger partial charge in [-0.2, -0.15) is 0 Å². The van der Waals surface area contributed by atoms with Crippen molar-refractivity contribution in [3.05, 3.63) is 89.5 Å². The number of fused-ring (bicyclic) bond motifs is 1. The van der Waals surface area contributed by atoms with Gasteiger partial charge in [0, 0.05) is 17.4 Å². The molecule has 4 rings (SSSR count). The van der Waals surface area contributed by atoms with Crippen molar-refractivity contribution in [2.75, 3.05) is 5.32 Å². The first kappa shape index (κ1) is 17.0. The SMILES string of the molecule is Cc1ccc(-c2nc3ccc(C)cn3c2C(=O)Nc2cccc(F)c2)cc1. The number of rotatable bonds is 3. The quantitative estimate of drug-likeness (QED) is 0.559. The zero-order valence-corrected chi connectivity index (χ0v) is 15.0. The molecule has 27 heavy (non-hydrogen) atoms. The molecule has 0 atom stereocenters. The summed E-state index contributed by atoms with van der Waals surface area (Å²) in [7, 11) is 0.